The number of carbonyl (C=O) groups is 1. The van der Waals surface area contributed by atoms with Crippen LogP contribution in [0.4, 0.5) is 5.95 Å². The van der Waals surface area contributed by atoms with E-state index in [1.807, 2.05) is 12.1 Å². The largest absolute Gasteiger partial charge is 0.356 e. The van der Waals surface area contributed by atoms with Gasteiger partial charge in [-0.05, 0) is 36.8 Å². The summed E-state index contributed by atoms with van der Waals surface area (Å²) in [5, 5.41) is 3.12. The normalized spacial score (nSPS) is 16.4. The van der Waals surface area contributed by atoms with Gasteiger partial charge in [0.2, 0.25) is 11.9 Å². The molecule has 3 rings (SSSR count). The zero-order chi connectivity index (χ0) is 17.5. The zero-order valence-electron chi connectivity index (χ0n) is 14.8. The standard InChI is InChI=1S/C20H26N4O/c1-16(17-6-3-2-4-7-17)8-13-21-19(25)18-9-14-24(15-10-18)20-22-11-5-12-23-20/h2-7,11-12,16,18H,8-10,13-15H2,1H3,(H,21,25). The molecule has 132 valence electrons. The first-order valence-electron chi connectivity index (χ1n) is 9.08. The van der Waals surface area contributed by atoms with Gasteiger partial charge in [0, 0.05) is 37.9 Å². The summed E-state index contributed by atoms with van der Waals surface area (Å²) >= 11 is 0. The zero-order valence-corrected chi connectivity index (χ0v) is 14.8. The third-order valence-corrected chi connectivity index (χ3v) is 4.95. The van der Waals surface area contributed by atoms with Crippen molar-refractivity contribution in [1.29, 1.82) is 0 Å². The molecule has 0 aliphatic carbocycles. The lowest BCUT2D eigenvalue weighted by atomic mass is 9.95. The van der Waals surface area contributed by atoms with Gasteiger partial charge in [0.05, 0.1) is 0 Å². The maximum Gasteiger partial charge on any atom is 0.225 e. The van der Waals surface area contributed by atoms with Crippen molar-refractivity contribution in [3.8, 4) is 0 Å². The first-order valence-corrected chi connectivity index (χ1v) is 9.08. The summed E-state index contributed by atoms with van der Waals surface area (Å²) in [7, 11) is 0. The number of hydrogen-bond donors (Lipinski definition) is 1. The summed E-state index contributed by atoms with van der Waals surface area (Å²) in [5.41, 5.74) is 1.33. The van der Waals surface area contributed by atoms with Crippen molar-refractivity contribution < 1.29 is 4.79 Å². The van der Waals surface area contributed by atoms with Crippen molar-refractivity contribution in [2.24, 2.45) is 5.92 Å². The molecule has 25 heavy (non-hydrogen) atoms. The van der Waals surface area contributed by atoms with Crippen LogP contribution in [0.5, 0.6) is 0 Å². The lowest BCUT2D eigenvalue weighted by molar-refractivity contribution is -0.125. The number of piperidine rings is 1. The Kier molecular flexibility index (Phi) is 5.99. The van der Waals surface area contributed by atoms with Crippen LogP contribution >= 0.6 is 0 Å². The van der Waals surface area contributed by atoms with Gasteiger partial charge in [-0.1, -0.05) is 37.3 Å². The van der Waals surface area contributed by atoms with E-state index in [1.165, 1.54) is 5.56 Å². The molecule has 1 aromatic heterocycles. The molecule has 1 unspecified atom stereocenters. The topological polar surface area (TPSA) is 58.1 Å². The summed E-state index contributed by atoms with van der Waals surface area (Å²) in [6, 6.07) is 12.3. The predicted octanol–water partition coefficient (Wildman–Crippen LogP) is 3.00. The highest BCUT2D eigenvalue weighted by Crippen LogP contribution is 2.21. The Morgan fingerprint density at radius 2 is 1.84 bits per heavy atom. The molecule has 0 saturated carbocycles. The van der Waals surface area contributed by atoms with Gasteiger partial charge in [0.15, 0.2) is 0 Å². The Morgan fingerprint density at radius 3 is 2.52 bits per heavy atom. The quantitative estimate of drug-likeness (QED) is 0.880. The number of anilines is 1. The second-order valence-electron chi connectivity index (χ2n) is 6.70. The number of amides is 1. The number of nitrogens with one attached hydrogen (secondary N) is 1. The Hall–Kier alpha value is -2.43. The van der Waals surface area contributed by atoms with E-state index in [2.05, 4.69) is 51.4 Å². The van der Waals surface area contributed by atoms with Crippen LogP contribution in [0.3, 0.4) is 0 Å². The number of benzene rings is 1. The van der Waals surface area contributed by atoms with Gasteiger partial charge in [0.25, 0.3) is 0 Å². The Bertz CT molecular complexity index is 654. The highest BCUT2D eigenvalue weighted by atomic mass is 16.1. The molecule has 1 saturated heterocycles. The van der Waals surface area contributed by atoms with Crippen LogP contribution in [-0.2, 0) is 4.79 Å². The van der Waals surface area contributed by atoms with Crippen LogP contribution in [-0.4, -0.2) is 35.5 Å². The third-order valence-electron chi connectivity index (χ3n) is 4.95. The first-order chi connectivity index (χ1) is 12.2. The number of carbonyl (C=O) groups excluding carboxylic acids is 1. The summed E-state index contributed by atoms with van der Waals surface area (Å²) in [4.78, 5) is 23.1. The van der Waals surface area contributed by atoms with Gasteiger partial charge < -0.3 is 10.2 Å². The van der Waals surface area contributed by atoms with Crippen LogP contribution in [0.2, 0.25) is 0 Å². The fourth-order valence-electron chi connectivity index (χ4n) is 3.30. The van der Waals surface area contributed by atoms with Gasteiger partial charge in [-0.15, -0.1) is 0 Å². The van der Waals surface area contributed by atoms with Crippen molar-refractivity contribution in [1.82, 2.24) is 15.3 Å². The van der Waals surface area contributed by atoms with E-state index in [0.717, 1.165) is 44.8 Å². The van der Waals surface area contributed by atoms with Gasteiger partial charge in [-0.25, -0.2) is 9.97 Å². The fourth-order valence-corrected chi connectivity index (χ4v) is 3.30. The molecule has 5 heteroatoms. The molecule has 0 bridgehead atoms. The van der Waals surface area contributed by atoms with Crippen molar-refractivity contribution in [3.05, 3.63) is 54.4 Å². The average Bonchev–Trinajstić information content (AvgIpc) is 2.69. The monoisotopic (exact) mass is 338 g/mol. The van der Waals surface area contributed by atoms with Crippen LogP contribution in [0.25, 0.3) is 0 Å². The van der Waals surface area contributed by atoms with Gasteiger partial charge >= 0.3 is 0 Å². The lowest BCUT2D eigenvalue weighted by Gasteiger charge is -2.31. The smallest absolute Gasteiger partial charge is 0.225 e. The van der Waals surface area contributed by atoms with E-state index in [1.54, 1.807) is 12.4 Å². The average molecular weight is 338 g/mol. The molecular formula is C20H26N4O. The predicted molar refractivity (Wildman–Crippen MR) is 99.5 cm³/mol. The van der Waals surface area contributed by atoms with Crippen LogP contribution in [0.15, 0.2) is 48.8 Å². The third kappa shape index (κ3) is 4.78. The molecular weight excluding hydrogens is 312 g/mol. The molecule has 1 aromatic carbocycles. The van der Waals surface area contributed by atoms with Crippen molar-refractivity contribution in [2.45, 2.75) is 32.1 Å². The molecule has 1 amide bonds. The minimum Gasteiger partial charge on any atom is -0.356 e. The van der Waals surface area contributed by atoms with Crippen LogP contribution in [0, 0.1) is 5.92 Å². The maximum absolute atomic E-state index is 12.4. The van der Waals surface area contributed by atoms with E-state index in [-0.39, 0.29) is 11.8 Å². The van der Waals surface area contributed by atoms with E-state index in [4.69, 9.17) is 0 Å². The van der Waals surface area contributed by atoms with Crippen molar-refractivity contribution >= 4 is 11.9 Å². The Labute approximate surface area is 149 Å². The molecule has 0 spiro atoms. The molecule has 1 fully saturated rings. The summed E-state index contributed by atoms with van der Waals surface area (Å²) in [5.74, 6) is 1.51. The van der Waals surface area contributed by atoms with Gasteiger partial charge in [-0.3, -0.25) is 4.79 Å². The first kappa shape index (κ1) is 17.4. The second kappa shape index (κ2) is 8.60. The van der Waals surface area contributed by atoms with Gasteiger partial charge in [-0.2, -0.15) is 0 Å². The van der Waals surface area contributed by atoms with Crippen LogP contribution in [0.1, 0.15) is 37.7 Å². The molecule has 2 heterocycles. The maximum atomic E-state index is 12.4. The van der Waals surface area contributed by atoms with E-state index in [0.29, 0.717) is 5.92 Å². The Balaban J connectivity index is 1.39. The molecule has 1 N–H and O–H groups in total. The number of rotatable bonds is 6. The van der Waals surface area contributed by atoms with Crippen LogP contribution < -0.4 is 10.2 Å². The molecule has 5 nitrogen and oxygen atoms in total. The van der Waals surface area contributed by atoms with E-state index >= 15 is 0 Å². The number of aromatic nitrogens is 2. The Morgan fingerprint density at radius 1 is 1.16 bits per heavy atom. The SMILES string of the molecule is CC(CCNC(=O)C1CCN(c2ncccn2)CC1)c1ccccc1. The second-order valence-corrected chi connectivity index (χ2v) is 6.70. The summed E-state index contributed by atoms with van der Waals surface area (Å²) in [6.07, 6.45) is 6.20. The molecule has 2 aromatic rings. The highest BCUT2D eigenvalue weighted by molar-refractivity contribution is 5.78. The molecule has 1 atom stereocenters. The van der Waals surface area contributed by atoms with Crippen molar-refractivity contribution in [2.75, 3.05) is 24.5 Å². The number of nitrogens with zero attached hydrogens (tertiary/aromatic N) is 3. The van der Waals surface area contributed by atoms with Gasteiger partial charge in [0.1, 0.15) is 0 Å². The number of hydrogen-bond acceptors (Lipinski definition) is 4. The lowest BCUT2D eigenvalue weighted by Crippen LogP contribution is -2.41. The van der Waals surface area contributed by atoms with Crippen molar-refractivity contribution in [3.63, 3.8) is 0 Å². The molecule has 1 aliphatic rings. The van der Waals surface area contributed by atoms with E-state index in [9.17, 15) is 4.79 Å². The fraction of sp³-hybridized carbons (Fsp3) is 0.450. The summed E-state index contributed by atoms with van der Waals surface area (Å²) < 4.78 is 0. The molecule has 0 radical (unpaired) electrons. The molecule has 1 aliphatic heterocycles. The minimum atomic E-state index is 0.104. The highest BCUT2D eigenvalue weighted by Gasteiger charge is 2.25. The summed E-state index contributed by atoms with van der Waals surface area (Å²) in [6.45, 7) is 4.61. The van der Waals surface area contributed by atoms with E-state index < -0.39 is 0 Å². The minimum absolute atomic E-state index is 0.104.